The second-order valence-corrected chi connectivity index (χ2v) is 9.25. The first-order valence-electron chi connectivity index (χ1n) is 11.3. The Labute approximate surface area is 209 Å². The number of carbonyl (C=O) groups excluding carboxylic acids is 1. The molecule has 2 atom stereocenters. The summed E-state index contributed by atoms with van der Waals surface area (Å²) >= 11 is 1.35. The normalized spacial score (nSPS) is 12.6. The Bertz CT molecular complexity index is 1280. The van der Waals surface area contributed by atoms with Crippen LogP contribution in [-0.4, -0.2) is 40.1 Å². The minimum Gasteiger partial charge on any atom is -0.497 e. The summed E-state index contributed by atoms with van der Waals surface area (Å²) in [6.45, 7) is 3.85. The number of amides is 1. The lowest BCUT2D eigenvalue weighted by Gasteiger charge is -2.18. The molecule has 0 fully saturated rings. The molecule has 1 N–H and O–H groups in total. The van der Waals surface area contributed by atoms with Gasteiger partial charge in [0.15, 0.2) is 11.0 Å². The topological polar surface area (TPSA) is 78.3 Å². The number of thioether (sulfide) groups is 1. The van der Waals surface area contributed by atoms with Crippen LogP contribution in [0.3, 0.4) is 0 Å². The molecule has 4 aromatic rings. The molecule has 1 heterocycles. The molecule has 0 bridgehead atoms. The molecule has 35 heavy (non-hydrogen) atoms. The van der Waals surface area contributed by atoms with Crippen LogP contribution in [-0.2, 0) is 4.79 Å². The van der Waals surface area contributed by atoms with Crippen LogP contribution < -0.4 is 14.8 Å². The van der Waals surface area contributed by atoms with Gasteiger partial charge in [0.2, 0.25) is 5.91 Å². The van der Waals surface area contributed by atoms with Crippen LogP contribution in [0.25, 0.3) is 17.1 Å². The Hall–Kier alpha value is -3.78. The van der Waals surface area contributed by atoms with Gasteiger partial charge in [0.1, 0.15) is 11.5 Å². The van der Waals surface area contributed by atoms with E-state index in [0.29, 0.717) is 16.7 Å². The number of methoxy groups -OCH3 is 2. The van der Waals surface area contributed by atoms with Gasteiger partial charge in [-0.1, -0.05) is 54.2 Å². The summed E-state index contributed by atoms with van der Waals surface area (Å²) in [5.41, 5.74) is 2.71. The van der Waals surface area contributed by atoms with Gasteiger partial charge in [-0.25, -0.2) is 0 Å². The van der Waals surface area contributed by atoms with Crippen LogP contribution in [0.4, 0.5) is 0 Å². The predicted octanol–water partition coefficient (Wildman–Crippen LogP) is 5.31. The molecular formula is C27H28N4O3S. The number of nitrogens with one attached hydrogen (secondary N) is 1. The molecule has 180 valence electrons. The Balaban J connectivity index is 1.65. The molecule has 0 aliphatic heterocycles. The van der Waals surface area contributed by atoms with E-state index in [4.69, 9.17) is 9.47 Å². The number of para-hydroxylation sites is 1. The summed E-state index contributed by atoms with van der Waals surface area (Å²) in [5.74, 6) is 1.99. The highest BCUT2D eigenvalue weighted by atomic mass is 32.2. The molecule has 7 nitrogen and oxygen atoms in total. The monoisotopic (exact) mass is 488 g/mol. The van der Waals surface area contributed by atoms with Crippen molar-refractivity contribution in [1.29, 1.82) is 0 Å². The minimum absolute atomic E-state index is 0.0746. The Morgan fingerprint density at radius 1 is 0.886 bits per heavy atom. The van der Waals surface area contributed by atoms with E-state index in [1.54, 1.807) is 14.2 Å². The van der Waals surface area contributed by atoms with Crippen molar-refractivity contribution in [3.63, 3.8) is 0 Å². The fraction of sp³-hybridized carbons (Fsp3) is 0.222. The lowest BCUT2D eigenvalue weighted by Crippen LogP contribution is -2.33. The van der Waals surface area contributed by atoms with E-state index in [0.717, 1.165) is 22.6 Å². The van der Waals surface area contributed by atoms with E-state index >= 15 is 0 Å². The van der Waals surface area contributed by atoms with Crippen molar-refractivity contribution in [2.75, 3.05) is 14.2 Å². The van der Waals surface area contributed by atoms with Crippen molar-refractivity contribution in [2.24, 2.45) is 0 Å². The second kappa shape index (κ2) is 11.1. The Kier molecular flexibility index (Phi) is 7.72. The fourth-order valence-corrected chi connectivity index (χ4v) is 4.56. The number of nitrogens with zero attached hydrogens (tertiary/aromatic N) is 3. The summed E-state index contributed by atoms with van der Waals surface area (Å²) < 4.78 is 12.8. The standard InChI is InChI=1S/C27H28N4O3S/c1-18(20-10-6-5-7-11-20)28-26(32)19(2)35-27-30-29-25(23-12-8-9-13-24(23)34-4)31(27)21-14-16-22(33-3)17-15-21/h5-19H,1-4H3,(H,28,32). The Morgan fingerprint density at radius 3 is 2.26 bits per heavy atom. The lowest BCUT2D eigenvalue weighted by atomic mass is 10.1. The molecule has 0 saturated heterocycles. The largest absolute Gasteiger partial charge is 0.497 e. The zero-order valence-corrected chi connectivity index (χ0v) is 21.0. The average molecular weight is 489 g/mol. The van der Waals surface area contributed by atoms with Crippen molar-refractivity contribution in [3.05, 3.63) is 84.4 Å². The van der Waals surface area contributed by atoms with E-state index in [2.05, 4.69) is 15.5 Å². The number of carbonyl (C=O) groups is 1. The van der Waals surface area contributed by atoms with Crippen LogP contribution in [0.5, 0.6) is 11.5 Å². The molecule has 0 spiro atoms. The van der Waals surface area contributed by atoms with Crippen molar-refractivity contribution >= 4 is 17.7 Å². The lowest BCUT2D eigenvalue weighted by molar-refractivity contribution is -0.120. The SMILES string of the molecule is COc1ccc(-n2c(SC(C)C(=O)NC(C)c3ccccc3)nnc2-c2ccccc2OC)cc1. The molecular weight excluding hydrogens is 460 g/mol. The summed E-state index contributed by atoms with van der Waals surface area (Å²) in [6.07, 6.45) is 0. The fourth-order valence-electron chi connectivity index (χ4n) is 3.68. The molecule has 2 unspecified atom stereocenters. The molecule has 4 rings (SSSR count). The number of hydrogen-bond acceptors (Lipinski definition) is 6. The van der Waals surface area contributed by atoms with Gasteiger partial charge in [0.05, 0.1) is 36.8 Å². The predicted molar refractivity (Wildman–Crippen MR) is 138 cm³/mol. The van der Waals surface area contributed by atoms with Gasteiger partial charge < -0.3 is 14.8 Å². The van der Waals surface area contributed by atoms with Crippen LogP contribution in [0.15, 0.2) is 84.0 Å². The third-order valence-electron chi connectivity index (χ3n) is 5.62. The van der Waals surface area contributed by atoms with Gasteiger partial charge in [0, 0.05) is 0 Å². The summed E-state index contributed by atoms with van der Waals surface area (Å²) in [5, 5.41) is 12.2. The van der Waals surface area contributed by atoms with Crippen molar-refractivity contribution < 1.29 is 14.3 Å². The quantitative estimate of drug-likeness (QED) is 0.322. The van der Waals surface area contributed by atoms with Gasteiger partial charge in [0.25, 0.3) is 0 Å². The molecule has 3 aromatic carbocycles. The first-order chi connectivity index (χ1) is 17.0. The number of hydrogen-bond donors (Lipinski definition) is 1. The van der Waals surface area contributed by atoms with Gasteiger partial charge in [-0.3, -0.25) is 9.36 Å². The number of ether oxygens (including phenoxy) is 2. The maximum Gasteiger partial charge on any atom is 0.233 e. The highest BCUT2D eigenvalue weighted by Crippen LogP contribution is 2.34. The van der Waals surface area contributed by atoms with Gasteiger partial charge in [-0.15, -0.1) is 10.2 Å². The first kappa shape index (κ1) is 24.3. The summed E-state index contributed by atoms with van der Waals surface area (Å²) in [7, 11) is 3.26. The van der Waals surface area contributed by atoms with Crippen LogP contribution in [0, 0.1) is 0 Å². The number of rotatable bonds is 9. The minimum atomic E-state index is -0.395. The number of benzene rings is 3. The smallest absolute Gasteiger partial charge is 0.233 e. The maximum atomic E-state index is 13.0. The van der Waals surface area contributed by atoms with E-state index in [-0.39, 0.29) is 11.9 Å². The molecule has 1 amide bonds. The molecule has 0 aliphatic rings. The molecule has 8 heteroatoms. The van der Waals surface area contributed by atoms with Gasteiger partial charge in [-0.2, -0.15) is 0 Å². The second-order valence-electron chi connectivity index (χ2n) is 7.94. The third-order valence-corrected chi connectivity index (χ3v) is 6.66. The molecule has 0 saturated carbocycles. The van der Waals surface area contributed by atoms with Crippen LogP contribution >= 0.6 is 11.8 Å². The first-order valence-corrected chi connectivity index (χ1v) is 12.1. The van der Waals surface area contributed by atoms with Gasteiger partial charge in [-0.05, 0) is 55.8 Å². The zero-order valence-electron chi connectivity index (χ0n) is 20.1. The molecule has 0 radical (unpaired) electrons. The third kappa shape index (κ3) is 5.49. The van der Waals surface area contributed by atoms with Crippen molar-refractivity contribution in [1.82, 2.24) is 20.1 Å². The van der Waals surface area contributed by atoms with Crippen LogP contribution in [0.1, 0.15) is 25.5 Å². The van der Waals surface area contributed by atoms with Crippen molar-refractivity contribution in [3.8, 4) is 28.6 Å². The Morgan fingerprint density at radius 2 is 1.57 bits per heavy atom. The van der Waals surface area contributed by atoms with Crippen LogP contribution in [0.2, 0.25) is 0 Å². The summed E-state index contributed by atoms with van der Waals surface area (Å²) in [6, 6.07) is 25.1. The number of aromatic nitrogens is 3. The highest BCUT2D eigenvalue weighted by molar-refractivity contribution is 8.00. The van der Waals surface area contributed by atoms with E-state index in [9.17, 15) is 4.79 Å². The highest BCUT2D eigenvalue weighted by Gasteiger charge is 2.24. The average Bonchev–Trinajstić information content (AvgIpc) is 3.32. The van der Waals surface area contributed by atoms with E-state index < -0.39 is 5.25 Å². The van der Waals surface area contributed by atoms with Gasteiger partial charge >= 0.3 is 0 Å². The maximum absolute atomic E-state index is 13.0. The van der Waals surface area contributed by atoms with Crippen molar-refractivity contribution in [2.45, 2.75) is 30.3 Å². The van der Waals surface area contributed by atoms with E-state index in [1.165, 1.54) is 11.8 Å². The summed E-state index contributed by atoms with van der Waals surface area (Å²) in [4.78, 5) is 13.0. The van der Waals surface area contributed by atoms with E-state index in [1.807, 2.05) is 97.3 Å². The molecule has 1 aromatic heterocycles. The zero-order chi connectivity index (χ0) is 24.8. The molecule has 0 aliphatic carbocycles.